The van der Waals surface area contributed by atoms with Gasteiger partial charge < -0.3 is 0 Å². The molecule has 0 bridgehead atoms. The summed E-state index contributed by atoms with van der Waals surface area (Å²) in [5.74, 6) is 0. The summed E-state index contributed by atoms with van der Waals surface area (Å²) in [6.07, 6.45) is 5.75. The first-order valence-electron chi connectivity index (χ1n) is 6.82. The van der Waals surface area contributed by atoms with Crippen molar-refractivity contribution in [2.24, 2.45) is 0 Å². The van der Waals surface area contributed by atoms with Crippen molar-refractivity contribution >= 4 is 13.5 Å². The Labute approximate surface area is 121 Å². The molecule has 0 saturated heterocycles. The molecule has 1 radical (unpaired) electrons. The van der Waals surface area contributed by atoms with Crippen LogP contribution in [0, 0.1) is 6.92 Å². The first-order chi connectivity index (χ1) is 8.22. The third-order valence-electron chi connectivity index (χ3n) is 2.19. The normalized spacial score (nSPS) is 8.06. The van der Waals surface area contributed by atoms with Crippen molar-refractivity contribution in [3.05, 3.63) is 35.9 Å². The molecule has 0 saturated carbocycles. The monoisotopic (exact) mass is 271 g/mol. The molecule has 0 spiro atoms. The van der Waals surface area contributed by atoms with E-state index in [2.05, 4.69) is 39.8 Å². The van der Waals surface area contributed by atoms with Gasteiger partial charge in [-0.25, -0.2) is 5.11 Å². The van der Waals surface area contributed by atoms with Crippen LogP contribution in [0.2, 0.25) is 0 Å². The van der Waals surface area contributed by atoms with E-state index < -0.39 is 0 Å². The van der Waals surface area contributed by atoms with E-state index in [1.54, 1.807) is 0 Å². The number of rotatable bonds is 4. The second-order valence-corrected chi connectivity index (χ2v) is 4.07. The Morgan fingerprint density at radius 1 is 0.833 bits per heavy atom. The second-order valence-electron chi connectivity index (χ2n) is 4.07. The van der Waals surface area contributed by atoms with Crippen LogP contribution in [0.5, 0.6) is 0 Å². The van der Waals surface area contributed by atoms with Gasteiger partial charge >= 0.3 is 0 Å². The minimum atomic E-state index is 0. The molecule has 1 nitrogen and oxygen atoms in total. The van der Waals surface area contributed by atoms with Crippen molar-refractivity contribution in [3.8, 4) is 0 Å². The highest BCUT2D eigenvalue weighted by Gasteiger charge is 1.77. The lowest BCUT2D eigenvalue weighted by Gasteiger charge is -1.84. The molecule has 0 aromatic heterocycles. The molecule has 1 aromatic carbocycles. The molecule has 107 valence electrons. The van der Waals surface area contributed by atoms with Gasteiger partial charge in [-0.15, -0.1) is 0 Å². The predicted molar refractivity (Wildman–Crippen MR) is 87.2 cm³/mol. The summed E-state index contributed by atoms with van der Waals surface area (Å²) in [6.45, 7) is 8.64. The smallest absolute Gasteiger partial charge is 0.0822 e. The van der Waals surface area contributed by atoms with E-state index in [-0.39, 0.29) is 20.1 Å². The Balaban J connectivity index is -0.000000190. The van der Waals surface area contributed by atoms with Crippen molar-refractivity contribution < 1.29 is 5.11 Å². The van der Waals surface area contributed by atoms with Crippen molar-refractivity contribution in [1.29, 1.82) is 0 Å². The molecule has 0 amide bonds. The number of aryl methyl sites for hydroxylation is 1. The Hall–Kier alpha value is -0.470. The molecule has 1 aromatic rings. The maximum Gasteiger partial charge on any atom is 0.0822 e. The van der Waals surface area contributed by atoms with Gasteiger partial charge in [-0.05, 0) is 13.3 Å². The fourth-order valence-corrected chi connectivity index (χ4v) is 0.886. The van der Waals surface area contributed by atoms with Crippen molar-refractivity contribution in [2.75, 3.05) is 6.61 Å². The third-order valence-corrected chi connectivity index (χ3v) is 2.19. The van der Waals surface area contributed by atoms with Crippen LogP contribution < -0.4 is 0 Å². The standard InChI is InChI=1S/C7H8.C5H11O.C4H10.H2S/c1-7-5-3-2-4-6-7;1-2-3-4-5-6;1-3-4-2;/h2-6H,1H3;2-5H2,1H3;3-4H2,1-2H3;1H2. The molecular weight excluding hydrogens is 240 g/mol. The first kappa shape index (κ1) is 22.7. The topological polar surface area (TPSA) is 19.9 Å². The molecule has 0 aliphatic heterocycles. The largest absolute Gasteiger partial charge is 0.237 e. The lowest BCUT2D eigenvalue weighted by atomic mass is 10.2. The van der Waals surface area contributed by atoms with E-state index in [9.17, 15) is 5.11 Å². The van der Waals surface area contributed by atoms with Gasteiger partial charge in [0.05, 0.1) is 6.61 Å². The summed E-state index contributed by atoms with van der Waals surface area (Å²) < 4.78 is 0. The number of unbranched alkanes of at least 4 members (excludes halogenated alkanes) is 3. The van der Waals surface area contributed by atoms with Crippen LogP contribution in [-0.4, -0.2) is 6.61 Å². The average Bonchev–Trinajstić information content (AvgIpc) is 2.38. The molecule has 0 N–H and O–H groups in total. The van der Waals surface area contributed by atoms with Gasteiger partial charge in [-0.2, -0.15) is 13.5 Å². The van der Waals surface area contributed by atoms with Gasteiger partial charge in [0.2, 0.25) is 0 Å². The SMILES string of the molecule is CCCC.CCCCC[O].Cc1ccccc1.S. The fourth-order valence-electron chi connectivity index (χ4n) is 0.886. The van der Waals surface area contributed by atoms with Crippen molar-refractivity contribution in [2.45, 2.75) is 59.8 Å². The van der Waals surface area contributed by atoms with Gasteiger partial charge in [-0.1, -0.05) is 82.3 Å². The molecular formula is C16H31OS. The molecule has 0 atom stereocenters. The summed E-state index contributed by atoms with van der Waals surface area (Å²) in [5.41, 5.74) is 1.32. The Morgan fingerprint density at radius 3 is 1.50 bits per heavy atom. The fraction of sp³-hybridized carbons (Fsp3) is 0.625. The zero-order valence-electron chi connectivity index (χ0n) is 12.5. The maximum absolute atomic E-state index is 9.69. The van der Waals surface area contributed by atoms with Crippen LogP contribution in [0.4, 0.5) is 0 Å². The maximum atomic E-state index is 9.69. The van der Waals surface area contributed by atoms with E-state index >= 15 is 0 Å². The van der Waals surface area contributed by atoms with E-state index in [1.807, 2.05) is 18.2 Å². The minimum absolute atomic E-state index is 0. The highest BCUT2D eigenvalue weighted by Crippen LogP contribution is 1.92. The lowest BCUT2D eigenvalue weighted by Crippen LogP contribution is -1.76. The highest BCUT2D eigenvalue weighted by atomic mass is 32.1. The average molecular weight is 271 g/mol. The molecule has 0 heterocycles. The van der Waals surface area contributed by atoms with Crippen LogP contribution in [0.3, 0.4) is 0 Å². The molecule has 0 fully saturated rings. The zero-order valence-corrected chi connectivity index (χ0v) is 13.5. The van der Waals surface area contributed by atoms with Crippen LogP contribution >= 0.6 is 13.5 Å². The Bertz CT molecular complexity index is 206. The molecule has 18 heavy (non-hydrogen) atoms. The summed E-state index contributed by atoms with van der Waals surface area (Å²) in [4.78, 5) is 0. The van der Waals surface area contributed by atoms with Gasteiger partial charge in [0, 0.05) is 0 Å². The number of hydrogen-bond acceptors (Lipinski definition) is 0. The van der Waals surface area contributed by atoms with E-state index in [1.165, 1.54) is 18.4 Å². The quantitative estimate of drug-likeness (QED) is 0.642. The summed E-state index contributed by atoms with van der Waals surface area (Å²) in [5, 5.41) is 9.69. The van der Waals surface area contributed by atoms with Gasteiger partial charge in [0.1, 0.15) is 0 Å². The van der Waals surface area contributed by atoms with Gasteiger partial charge in [0.25, 0.3) is 0 Å². The van der Waals surface area contributed by atoms with Gasteiger partial charge in [-0.3, -0.25) is 0 Å². The van der Waals surface area contributed by atoms with Crippen LogP contribution in [0.25, 0.3) is 0 Å². The zero-order chi connectivity index (χ0) is 13.4. The van der Waals surface area contributed by atoms with Crippen LogP contribution in [0.1, 0.15) is 58.4 Å². The number of hydrogen-bond donors (Lipinski definition) is 0. The molecule has 1 rings (SSSR count). The van der Waals surface area contributed by atoms with E-state index in [0.717, 1.165) is 19.3 Å². The summed E-state index contributed by atoms with van der Waals surface area (Å²) >= 11 is 0. The van der Waals surface area contributed by atoms with Crippen LogP contribution in [0.15, 0.2) is 30.3 Å². The Morgan fingerprint density at radius 2 is 1.33 bits per heavy atom. The first-order valence-corrected chi connectivity index (χ1v) is 6.82. The molecule has 0 unspecified atom stereocenters. The molecule has 0 aliphatic rings. The number of benzene rings is 1. The van der Waals surface area contributed by atoms with Crippen LogP contribution in [-0.2, 0) is 5.11 Å². The summed E-state index contributed by atoms with van der Waals surface area (Å²) in [7, 11) is 0. The third kappa shape index (κ3) is 24.7. The lowest BCUT2D eigenvalue weighted by molar-refractivity contribution is 0.186. The van der Waals surface area contributed by atoms with E-state index in [0.29, 0.717) is 0 Å². The minimum Gasteiger partial charge on any atom is -0.237 e. The van der Waals surface area contributed by atoms with Crippen molar-refractivity contribution in [1.82, 2.24) is 0 Å². The van der Waals surface area contributed by atoms with Gasteiger partial charge in [0.15, 0.2) is 0 Å². The highest BCUT2D eigenvalue weighted by molar-refractivity contribution is 7.59. The molecule has 2 heteroatoms. The summed E-state index contributed by atoms with van der Waals surface area (Å²) in [6, 6.07) is 10.3. The van der Waals surface area contributed by atoms with E-state index in [4.69, 9.17) is 0 Å². The Kier molecular flexibility index (Phi) is 27.5. The van der Waals surface area contributed by atoms with Crippen molar-refractivity contribution in [3.63, 3.8) is 0 Å². The second kappa shape index (κ2) is 21.8. The molecule has 0 aliphatic carbocycles. The predicted octanol–water partition coefficient (Wildman–Crippen LogP) is 5.52.